The normalized spacial score (nSPS) is 15.0. The summed E-state index contributed by atoms with van der Waals surface area (Å²) in [5.74, 6) is 0. The molecule has 1 aromatic heterocycles. The number of nitrogens with one attached hydrogen (secondary N) is 2. The molecule has 0 amide bonds. The van der Waals surface area contributed by atoms with Crippen LogP contribution in [0.3, 0.4) is 0 Å². The number of hydrogen-bond acceptors (Lipinski definition) is 2. The fourth-order valence-electron chi connectivity index (χ4n) is 1.32. The molecule has 1 aromatic rings. The van der Waals surface area contributed by atoms with Crippen LogP contribution in [0, 0.1) is 0 Å². The average Bonchev–Trinajstić information content (AvgIpc) is 2.28. The van der Waals surface area contributed by atoms with Gasteiger partial charge in [-0.05, 0) is 19.4 Å². The molecule has 0 aliphatic carbocycles. The number of fused-ring (bicyclic) bond motifs is 1. The Kier molecular flexibility index (Phi) is 5.29. The van der Waals surface area contributed by atoms with Crippen LogP contribution in [0.2, 0.25) is 0 Å². The monoisotopic (exact) mass is 209 g/mol. The van der Waals surface area contributed by atoms with E-state index in [1.54, 1.807) is 0 Å². The van der Waals surface area contributed by atoms with Crippen molar-refractivity contribution in [2.75, 3.05) is 6.54 Å². The summed E-state index contributed by atoms with van der Waals surface area (Å²) in [4.78, 5) is 0. The molecule has 0 saturated heterocycles. The van der Waals surface area contributed by atoms with Gasteiger partial charge < -0.3 is 5.32 Å². The number of aromatic amines is 1. The minimum Gasteiger partial charge on any atom is -0.313 e. The van der Waals surface area contributed by atoms with Crippen molar-refractivity contribution in [3.8, 4) is 0 Å². The Morgan fingerprint density at radius 3 is 3.00 bits per heavy atom. The van der Waals surface area contributed by atoms with E-state index in [4.69, 9.17) is 0 Å². The number of hydrogen-bond donors (Lipinski definition) is 2. The Morgan fingerprint density at radius 2 is 2.17 bits per heavy atom. The maximum absolute atomic E-state index is 3.98. The highest BCUT2D eigenvalue weighted by molar-refractivity contribution is 5.85. The maximum atomic E-state index is 3.98. The minimum absolute atomic E-state index is 0. The van der Waals surface area contributed by atoms with E-state index in [1.807, 2.05) is 6.20 Å². The second-order valence-electron chi connectivity index (χ2n) is 2.65. The highest BCUT2D eigenvalue weighted by atomic mass is 35.5. The fourth-order valence-corrected chi connectivity index (χ4v) is 1.32. The molecular formula is C7H13Cl2N3. The molecule has 0 aromatic carbocycles. The molecule has 0 spiro atoms. The van der Waals surface area contributed by atoms with Crippen molar-refractivity contribution in [1.82, 2.24) is 15.5 Å². The Hall–Kier alpha value is -0.250. The van der Waals surface area contributed by atoms with E-state index in [-0.39, 0.29) is 24.8 Å². The van der Waals surface area contributed by atoms with E-state index in [9.17, 15) is 0 Å². The van der Waals surface area contributed by atoms with Gasteiger partial charge in [0.2, 0.25) is 0 Å². The molecule has 2 N–H and O–H groups in total. The number of nitrogens with zero attached hydrogens (tertiary/aromatic N) is 1. The van der Waals surface area contributed by atoms with E-state index >= 15 is 0 Å². The van der Waals surface area contributed by atoms with Gasteiger partial charge in [-0.15, -0.1) is 24.8 Å². The molecule has 70 valence electrons. The third-order valence-electron chi connectivity index (χ3n) is 1.90. The Labute approximate surface area is 84.1 Å². The molecule has 0 saturated carbocycles. The van der Waals surface area contributed by atoms with Crippen molar-refractivity contribution >= 4 is 24.8 Å². The molecule has 5 heteroatoms. The van der Waals surface area contributed by atoms with Crippen LogP contribution in [0.25, 0.3) is 0 Å². The smallest absolute Gasteiger partial charge is 0.0535 e. The van der Waals surface area contributed by atoms with Gasteiger partial charge in [0.15, 0.2) is 0 Å². The van der Waals surface area contributed by atoms with Crippen LogP contribution < -0.4 is 5.32 Å². The molecule has 1 aliphatic rings. The molecule has 1 aliphatic heterocycles. The average molecular weight is 210 g/mol. The quantitative estimate of drug-likeness (QED) is 0.677. The van der Waals surface area contributed by atoms with Crippen molar-refractivity contribution in [3.05, 3.63) is 17.5 Å². The number of aryl methyl sites for hydroxylation is 1. The summed E-state index contributed by atoms with van der Waals surface area (Å²) in [6.45, 7) is 2.11. The third kappa shape index (κ3) is 2.37. The van der Waals surface area contributed by atoms with Crippen LogP contribution in [-0.2, 0) is 13.0 Å². The first-order valence-corrected chi connectivity index (χ1v) is 3.68. The maximum Gasteiger partial charge on any atom is 0.0535 e. The molecule has 2 heterocycles. The van der Waals surface area contributed by atoms with Gasteiger partial charge in [0.25, 0.3) is 0 Å². The number of H-pyrrole nitrogens is 1. The van der Waals surface area contributed by atoms with Gasteiger partial charge in [-0.2, -0.15) is 5.10 Å². The second kappa shape index (κ2) is 5.41. The summed E-state index contributed by atoms with van der Waals surface area (Å²) in [6.07, 6.45) is 4.27. The number of aromatic nitrogens is 2. The van der Waals surface area contributed by atoms with Crippen molar-refractivity contribution in [2.45, 2.75) is 19.4 Å². The lowest BCUT2D eigenvalue weighted by Gasteiger charge is -1.93. The summed E-state index contributed by atoms with van der Waals surface area (Å²) < 4.78 is 0. The van der Waals surface area contributed by atoms with Gasteiger partial charge in [-0.25, -0.2) is 0 Å². The topological polar surface area (TPSA) is 40.7 Å². The SMILES string of the molecule is Cl.Cl.c1n[nH]c2c1CNCCC2. The molecule has 0 bridgehead atoms. The molecule has 3 nitrogen and oxygen atoms in total. The lowest BCUT2D eigenvalue weighted by atomic mass is 10.2. The largest absolute Gasteiger partial charge is 0.313 e. The third-order valence-corrected chi connectivity index (χ3v) is 1.90. The van der Waals surface area contributed by atoms with Crippen LogP contribution in [0.5, 0.6) is 0 Å². The highest BCUT2D eigenvalue weighted by Gasteiger charge is 2.07. The molecule has 0 radical (unpaired) electrons. The number of rotatable bonds is 0. The molecule has 12 heavy (non-hydrogen) atoms. The van der Waals surface area contributed by atoms with Crippen LogP contribution in [0.1, 0.15) is 17.7 Å². The minimum atomic E-state index is 0. The molecular weight excluding hydrogens is 197 g/mol. The van der Waals surface area contributed by atoms with Gasteiger partial charge in [-0.1, -0.05) is 0 Å². The van der Waals surface area contributed by atoms with Gasteiger partial charge >= 0.3 is 0 Å². The molecule has 0 atom stereocenters. The summed E-state index contributed by atoms with van der Waals surface area (Å²) in [5.41, 5.74) is 2.64. The first-order chi connectivity index (χ1) is 4.97. The molecule has 2 rings (SSSR count). The zero-order valence-electron chi connectivity index (χ0n) is 6.67. The van der Waals surface area contributed by atoms with E-state index in [0.29, 0.717) is 0 Å². The molecule has 0 unspecified atom stereocenters. The summed E-state index contributed by atoms with van der Waals surface area (Å²) in [6, 6.07) is 0. The fraction of sp³-hybridized carbons (Fsp3) is 0.571. The van der Waals surface area contributed by atoms with Crippen LogP contribution in [0.4, 0.5) is 0 Å². The van der Waals surface area contributed by atoms with E-state index < -0.39 is 0 Å². The van der Waals surface area contributed by atoms with Gasteiger partial charge in [0, 0.05) is 17.8 Å². The first-order valence-electron chi connectivity index (χ1n) is 3.68. The Morgan fingerprint density at radius 1 is 1.33 bits per heavy atom. The van der Waals surface area contributed by atoms with Crippen LogP contribution >= 0.6 is 24.8 Å². The summed E-state index contributed by atoms with van der Waals surface area (Å²) in [7, 11) is 0. The summed E-state index contributed by atoms with van der Waals surface area (Å²) >= 11 is 0. The van der Waals surface area contributed by atoms with Crippen LogP contribution in [-0.4, -0.2) is 16.7 Å². The van der Waals surface area contributed by atoms with Gasteiger partial charge in [0.05, 0.1) is 6.20 Å². The lowest BCUT2D eigenvalue weighted by molar-refractivity contribution is 0.675. The van der Waals surface area contributed by atoms with Crippen molar-refractivity contribution in [1.29, 1.82) is 0 Å². The second-order valence-corrected chi connectivity index (χ2v) is 2.65. The van der Waals surface area contributed by atoms with Crippen LogP contribution in [0.15, 0.2) is 6.20 Å². The standard InChI is InChI=1S/C7H11N3.2ClH/c1-2-7-6(4-8-3-1)5-9-10-7;;/h5,8H,1-4H2,(H,9,10);2*1H. The van der Waals surface area contributed by atoms with Crippen molar-refractivity contribution in [3.63, 3.8) is 0 Å². The highest BCUT2D eigenvalue weighted by Crippen LogP contribution is 2.09. The zero-order valence-corrected chi connectivity index (χ0v) is 8.30. The zero-order chi connectivity index (χ0) is 6.81. The summed E-state index contributed by atoms with van der Waals surface area (Å²) in [5, 5.41) is 10.3. The van der Waals surface area contributed by atoms with Gasteiger partial charge in [0.1, 0.15) is 0 Å². The predicted molar refractivity (Wildman–Crippen MR) is 53.1 cm³/mol. The number of halogens is 2. The van der Waals surface area contributed by atoms with E-state index in [2.05, 4.69) is 15.5 Å². The first kappa shape index (κ1) is 11.8. The van der Waals surface area contributed by atoms with E-state index in [0.717, 1.165) is 19.5 Å². The predicted octanol–water partition coefficient (Wildman–Crippen LogP) is 1.29. The van der Waals surface area contributed by atoms with Crippen molar-refractivity contribution in [2.24, 2.45) is 0 Å². The Bertz CT molecular complexity index is 204. The van der Waals surface area contributed by atoms with E-state index in [1.165, 1.54) is 17.7 Å². The van der Waals surface area contributed by atoms with Crippen molar-refractivity contribution < 1.29 is 0 Å². The lowest BCUT2D eigenvalue weighted by Crippen LogP contribution is -2.11. The Balaban J connectivity index is 0.000000605. The molecule has 0 fully saturated rings. The van der Waals surface area contributed by atoms with Gasteiger partial charge in [-0.3, -0.25) is 5.10 Å².